The molecule has 6 rings (SSSR count). The fourth-order valence-electron chi connectivity index (χ4n) is 13.2. The summed E-state index contributed by atoms with van der Waals surface area (Å²) in [5.74, 6) is 2.18. The molecule has 9 atom stereocenters. The van der Waals surface area contributed by atoms with Gasteiger partial charge in [-0.2, -0.15) is 0 Å². The van der Waals surface area contributed by atoms with Gasteiger partial charge < -0.3 is 9.16 Å². The van der Waals surface area contributed by atoms with Gasteiger partial charge in [0.15, 0.2) is 0 Å². The fraction of sp³-hybridized carbons (Fsp3) is 0.745. The summed E-state index contributed by atoms with van der Waals surface area (Å²) >= 11 is 3.80. The molecular weight excluding hydrogens is 737 g/mol. The summed E-state index contributed by atoms with van der Waals surface area (Å²) in [7, 11) is -2.28. The predicted molar refractivity (Wildman–Crippen MR) is 225 cm³/mol. The van der Waals surface area contributed by atoms with E-state index < -0.39 is 19.3 Å². The standard InChI is InChI=1S/C47H71BrO4Si/c1-30(29-48)33-21-26-47(40(50)52-53(13,14)42(5,6)7)28-27-45(11)35(38(33)47)19-20-37-44(10)24-22-34(43(8,9)36(44)23-25-46(37,45)12)31-15-17-32(18-16-31)39(49)51-41(2,3)4/h15-18,22,33,35-38H,1,19-21,23-29H2,2-14H3. The number of carbonyl (C=O) groups is 2. The van der Waals surface area contributed by atoms with Gasteiger partial charge in [-0.25, -0.2) is 4.79 Å². The van der Waals surface area contributed by atoms with E-state index in [1.807, 2.05) is 32.9 Å². The zero-order chi connectivity index (χ0) is 39.4. The molecule has 0 amide bonds. The summed E-state index contributed by atoms with van der Waals surface area (Å²) in [5, 5.41) is 0.790. The van der Waals surface area contributed by atoms with Crippen LogP contribution in [0.25, 0.3) is 5.57 Å². The van der Waals surface area contributed by atoms with Crippen molar-refractivity contribution in [3.63, 3.8) is 0 Å². The molecule has 0 radical (unpaired) electrons. The lowest BCUT2D eigenvalue weighted by Crippen LogP contribution is -2.66. The second-order valence-corrected chi connectivity index (χ2v) is 27.3. The van der Waals surface area contributed by atoms with E-state index in [0.717, 1.165) is 37.4 Å². The molecule has 0 spiro atoms. The number of halogens is 1. The maximum atomic E-state index is 14.8. The molecule has 0 saturated heterocycles. The average Bonchev–Trinajstić information content (AvgIpc) is 3.44. The van der Waals surface area contributed by atoms with Gasteiger partial charge in [-0.15, -0.1) is 0 Å². The van der Waals surface area contributed by atoms with Crippen LogP contribution in [0.4, 0.5) is 0 Å². The molecule has 0 aromatic heterocycles. The molecule has 5 aliphatic rings. The first-order valence-corrected chi connectivity index (χ1v) is 24.8. The Kier molecular flexibility index (Phi) is 10.2. The first-order valence-electron chi connectivity index (χ1n) is 20.8. The SMILES string of the molecule is C=C(CBr)C1CCC2(C(=O)O[Si](C)(C)C(C)(C)C)CCC3(C)C(CCC4C5(C)CC=C(c6ccc(C(=O)OC(C)(C)C)cc6)C(C)(C)C5CCC43C)C12. The van der Waals surface area contributed by atoms with Gasteiger partial charge in [0.2, 0.25) is 0 Å². The summed E-state index contributed by atoms with van der Waals surface area (Å²) < 4.78 is 12.4. The Balaban J connectivity index is 1.32. The van der Waals surface area contributed by atoms with Crippen molar-refractivity contribution in [2.24, 2.45) is 56.7 Å². The third-order valence-corrected chi connectivity index (χ3v) is 22.1. The van der Waals surface area contributed by atoms with Crippen molar-refractivity contribution in [3.05, 3.63) is 53.6 Å². The first-order chi connectivity index (χ1) is 24.3. The summed E-state index contributed by atoms with van der Waals surface area (Å²) in [4.78, 5) is 27.6. The monoisotopic (exact) mass is 806 g/mol. The molecule has 0 heterocycles. The van der Waals surface area contributed by atoms with E-state index in [2.05, 4.69) is 109 Å². The van der Waals surface area contributed by atoms with Gasteiger partial charge in [0.1, 0.15) is 5.60 Å². The predicted octanol–water partition coefficient (Wildman–Crippen LogP) is 13.2. The van der Waals surface area contributed by atoms with Crippen LogP contribution in [0.5, 0.6) is 0 Å². The molecule has 0 N–H and O–H groups in total. The second kappa shape index (κ2) is 13.2. The first kappa shape index (κ1) is 41.0. The molecule has 294 valence electrons. The van der Waals surface area contributed by atoms with E-state index in [9.17, 15) is 9.59 Å². The molecule has 9 unspecified atom stereocenters. The number of hydrogen-bond acceptors (Lipinski definition) is 4. The third-order valence-electron chi connectivity index (χ3n) is 17.1. The summed E-state index contributed by atoms with van der Waals surface area (Å²) in [5.41, 5.74) is 4.14. The van der Waals surface area contributed by atoms with Gasteiger partial charge in [0.05, 0.1) is 11.0 Å². The molecule has 0 aliphatic heterocycles. The van der Waals surface area contributed by atoms with Crippen molar-refractivity contribution in [1.29, 1.82) is 0 Å². The summed E-state index contributed by atoms with van der Waals surface area (Å²) in [6.07, 6.45) is 12.6. The van der Waals surface area contributed by atoms with Crippen LogP contribution in [-0.4, -0.2) is 31.2 Å². The maximum Gasteiger partial charge on any atom is 0.338 e. The van der Waals surface area contributed by atoms with Crippen LogP contribution in [0.1, 0.15) is 150 Å². The van der Waals surface area contributed by atoms with Crippen LogP contribution in [0, 0.1) is 56.7 Å². The van der Waals surface area contributed by atoms with Gasteiger partial charge in [-0.05, 0) is 171 Å². The Labute approximate surface area is 332 Å². The van der Waals surface area contributed by atoms with Crippen molar-refractivity contribution in [2.45, 2.75) is 158 Å². The number of hydrogen-bond donors (Lipinski definition) is 0. The minimum Gasteiger partial charge on any atom is -0.519 e. The number of carbonyl (C=O) groups excluding carboxylic acids is 2. The molecule has 6 heteroatoms. The normalized spacial score (nSPS) is 38.0. The van der Waals surface area contributed by atoms with Gasteiger partial charge in [0.25, 0.3) is 14.3 Å². The number of alkyl halides is 1. The Morgan fingerprint density at radius 3 is 2.08 bits per heavy atom. The average molecular weight is 808 g/mol. The van der Waals surface area contributed by atoms with E-state index in [0.29, 0.717) is 35.2 Å². The van der Waals surface area contributed by atoms with Crippen LogP contribution in [0.2, 0.25) is 18.1 Å². The largest absolute Gasteiger partial charge is 0.519 e. The Morgan fingerprint density at radius 2 is 1.49 bits per heavy atom. The Bertz CT molecular complexity index is 1660. The molecule has 4 fully saturated rings. The number of rotatable bonds is 6. The van der Waals surface area contributed by atoms with E-state index >= 15 is 0 Å². The number of ether oxygens (including phenoxy) is 1. The highest BCUT2D eigenvalue weighted by Crippen LogP contribution is 2.78. The molecule has 1 aromatic carbocycles. The van der Waals surface area contributed by atoms with Crippen LogP contribution >= 0.6 is 15.9 Å². The maximum absolute atomic E-state index is 14.8. The molecule has 1 aromatic rings. The van der Waals surface area contributed by atoms with Crippen molar-refractivity contribution >= 4 is 41.8 Å². The minimum atomic E-state index is -2.28. The third kappa shape index (κ3) is 6.33. The quantitative estimate of drug-likeness (QED) is 0.124. The van der Waals surface area contributed by atoms with Crippen LogP contribution in [-0.2, 0) is 14.0 Å². The van der Waals surface area contributed by atoms with E-state index in [1.165, 1.54) is 42.4 Å². The van der Waals surface area contributed by atoms with Crippen molar-refractivity contribution in [3.8, 4) is 0 Å². The van der Waals surface area contributed by atoms with E-state index in [4.69, 9.17) is 9.16 Å². The molecule has 4 saturated carbocycles. The van der Waals surface area contributed by atoms with Crippen molar-refractivity contribution in [2.75, 3.05) is 5.33 Å². The Hall–Kier alpha value is -1.66. The van der Waals surface area contributed by atoms with Crippen molar-refractivity contribution < 1.29 is 18.8 Å². The van der Waals surface area contributed by atoms with Gasteiger partial charge >= 0.3 is 5.97 Å². The zero-order valence-electron chi connectivity index (χ0n) is 35.6. The van der Waals surface area contributed by atoms with Gasteiger partial charge in [-0.1, -0.05) is 102 Å². The molecule has 4 nitrogen and oxygen atoms in total. The fourth-order valence-corrected chi connectivity index (χ4v) is 14.6. The number of benzene rings is 1. The van der Waals surface area contributed by atoms with E-state index in [1.54, 1.807) is 0 Å². The molecule has 5 aliphatic carbocycles. The zero-order valence-corrected chi connectivity index (χ0v) is 38.1. The lowest BCUT2D eigenvalue weighted by atomic mass is 9.32. The smallest absolute Gasteiger partial charge is 0.338 e. The highest BCUT2D eigenvalue weighted by Gasteiger charge is 2.72. The van der Waals surface area contributed by atoms with Crippen LogP contribution in [0.15, 0.2) is 42.5 Å². The summed E-state index contributed by atoms with van der Waals surface area (Å²) in [6, 6.07) is 8.16. The summed E-state index contributed by atoms with van der Waals surface area (Å²) in [6.45, 7) is 34.5. The van der Waals surface area contributed by atoms with Gasteiger partial charge in [0, 0.05) is 5.33 Å². The number of fused-ring (bicyclic) bond motifs is 7. The highest BCUT2D eigenvalue weighted by molar-refractivity contribution is 9.09. The topological polar surface area (TPSA) is 52.6 Å². The highest BCUT2D eigenvalue weighted by atomic mass is 79.9. The molecular formula is C47H71BrO4Si. The number of esters is 1. The van der Waals surface area contributed by atoms with Crippen molar-refractivity contribution in [1.82, 2.24) is 0 Å². The second-order valence-electron chi connectivity index (χ2n) is 22.1. The lowest BCUT2D eigenvalue weighted by molar-refractivity contribution is -0.227. The number of allylic oxidation sites excluding steroid dienone is 3. The van der Waals surface area contributed by atoms with Crippen LogP contribution < -0.4 is 0 Å². The lowest BCUT2D eigenvalue weighted by Gasteiger charge is -2.72. The molecule has 0 bridgehead atoms. The minimum absolute atomic E-state index is 0.00108. The Morgan fingerprint density at radius 1 is 0.849 bits per heavy atom. The van der Waals surface area contributed by atoms with Crippen LogP contribution in [0.3, 0.4) is 0 Å². The molecule has 53 heavy (non-hydrogen) atoms. The van der Waals surface area contributed by atoms with Gasteiger partial charge in [-0.3, -0.25) is 4.79 Å². The van der Waals surface area contributed by atoms with E-state index in [-0.39, 0.29) is 38.6 Å².